The smallest absolute Gasteiger partial charge is 0.227 e. The average molecular weight is 253 g/mol. The predicted octanol–water partition coefficient (Wildman–Crippen LogP) is 3.91. The van der Waals surface area contributed by atoms with Crippen molar-refractivity contribution in [2.45, 2.75) is 32.6 Å². The first-order valence-corrected chi connectivity index (χ1v) is 6.96. The van der Waals surface area contributed by atoms with Crippen LogP contribution in [-0.2, 0) is 6.42 Å². The van der Waals surface area contributed by atoms with Crippen LogP contribution in [0.15, 0.2) is 36.4 Å². The van der Waals surface area contributed by atoms with Crippen LogP contribution in [0.3, 0.4) is 0 Å². The highest BCUT2D eigenvalue weighted by Gasteiger charge is 2.35. The molecule has 19 heavy (non-hydrogen) atoms. The van der Waals surface area contributed by atoms with Crippen LogP contribution >= 0.6 is 0 Å². The normalized spacial score (nSPS) is 21.2. The molecule has 2 atom stereocenters. The Morgan fingerprint density at radius 2 is 1.95 bits per heavy atom. The Morgan fingerprint density at radius 3 is 2.58 bits per heavy atom. The summed E-state index contributed by atoms with van der Waals surface area (Å²) in [5.41, 5.74) is 3.34. The number of nitrogens with zero attached hydrogens (tertiary/aromatic N) is 2. The number of para-hydroxylation sites is 1. The molecule has 1 aromatic carbocycles. The van der Waals surface area contributed by atoms with Gasteiger partial charge < -0.3 is 5.32 Å². The molecule has 0 radical (unpaired) electrons. The van der Waals surface area contributed by atoms with Gasteiger partial charge in [0.25, 0.3) is 0 Å². The standard InChI is InChI=1S/C16H19N3/c1-3-12-10-15(14-9-11(14)2)19-16(17-12)18-13-7-5-4-6-8-13/h4-8,10-11,14H,3,9H2,1-2H3,(H,17,18,19). The van der Waals surface area contributed by atoms with Crippen LogP contribution in [0.25, 0.3) is 0 Å². The molecule has 1 heterocycles. The zero-order valence-corrected chi connectivity index (χ0v) is 11.4. The number of hydrogen-bond acceptors (Lipinski definition) is 3. The molecule has 98 valence electrons. The SMILES string of the molecule is CCc1cc(C2CC2C)nc(Nc2ccccc2)n1. The number of aromatic nitrogens is 2. The van der Waals surface area contributed by atoms with Gasteiger partial charge in [0.15, 0.2) is 0 Å². The van der Waals surface area contributed by atoms with Gasteiger partial charge in [0, 0.05) is 23.0 Å². The second-order valence-corrected chi connectivity index (χ2v) is 5.27. The number of nitrogens with one attached hydrogen (secondary N) is 1. The summed E-state index contributed by atoms with van der Waals surface area (Å²) in [7, 11) is 0. The maximum Gasteiger partial charge on any atom is 0.227 e. The molecule has 3 heteroatoms. The van der Waals surface area contributed by atoms with Crippen molar-refractivity contribution in [3.8, 4) is 0 Å². The lowest BCUT2D eigenvalue weighted by molar-refractivity contribution is 0.865. The summed E-state index contributed by atoms with van der Waals surface area (Å²) in [5, 5.41) is 3.29. The van der Waals surface area contributed by atoms with Gasteiger partial charge in [0.2, 0.25) is 5.95 Å². The van der Waals surface area contributed by atoms with Crippen LogP contribution in [0.1, 0.15) is 37.6 Å². The summed E-state index contributed by atoms with van der Waals surface area (Å²) in [4.78, 5) is 9.23. The molecule has 1 aromatic heterocycles. The molecule has 3 nitrogen and oxygen atoms in total. The van der Waals surface area contributed by atoms with E-state index in [0.717, 1.165) is 29.7 Å². The Kier molecular flexibility index (Phi) is 3.20. The van der Waals surface area contributed by atoms with Gasteiger partial charge in [-0.05, 0) is 37.0 Å². The number of aryl methyl sites for hydroxylation is 1. The highest BCUT2D eigenvalue weighted by molar-refractivity contribution is 5.53. The molecule has 0 aliphatic heterocycles. The molecule has 0 spiro atoms. The predicted molar refractivity (Wildman–Crippen MR) is 77.7 cm³/mol. The molecule has 1 saturated carbocycles. The third-order valence-electron chi connectivity index (χ3n) is 3.68. The first-order valence-electron chi connectivity index (χ1n) is 6.96. The van der Waals surface area contributed by atoms with Crippen molar-refractivity contribution >= 4 is 11.6 Å². The van der Waals surface area contributed by atoms with Crippen molar-refractivity contribution in [2.75, 3.05) is 5.32 Å². The highest BCUT2D eigenvalue weighted by Crippen LogP contribution is 2.46. The second kappa shape index (κ2) is 5.00. The van der Waals surface area contributed by atoms with E-state index in [1.54, 1.807) is 0 Å². The molecule has 0 bridgehead atoms. The van der Waals surface area contributed by atoms with Crippen LogP contribution in [-0.4, -0.2) is 9.97 Å². The van der Waals surface area contributed by atoms with Crippen molar-refractivity contribution in [1.29, 1.82) is 0 Å². The zero-order chi connectivity index (χ0) is 13.2. The molecule has 2 unspecified atom stereocenters. The minimum absolute atomic E-state index is 0.629. The van der Waals surface area contributed by atoms with E-state index in [1.165, 1.54) is 12.1 Å². The fourth-order valence-electron chi connectivity index (χ4n) is 2.33. The van der Waals surface area contributed by atoms with E-state index in [4.69, 9.17) is 0 Å². The van der Waals surface area contributed by atoms with E-state index in [2.05, 4.69) is 35.2 Å². The van der Waals surface area contributed by atoms with Crippen LogP contribution in [0.4, 0.5) is 11.6 Å². The lowest BCUT2D eigenvalue weighted by atomic mass is 10.2. The Bertz CT molecular complexity index is 565. The number of rotatable bonds is 4. The van der Waals surface area contributed by atoms with Crippen molar-refractivity contribution < 1.29 is 0 Å². The summed E-state index contributed by atoms with van der Waals surface area (Å²) < 4.78 is 0. The molecule has 1 aliphatic carbocycles. The first kappa shape index (κ1) is 12.2. The van der Waals surface area contributed by atoms with Crippen molar-refractivity contribution in [3.63, 3.8) is 0 Å². The summed E-state index contributed by atoms with van der Waals surface area (Å²) in [6.07, 6.45) is 2.20. The molecular formula is C16H19N3. The number of benzene rings is 1. The maximum absolute atomic E-state index is 4.67. The summed E-state index contributed by atoms with van der Waals surface area (Å²) >= 11 is 0. The van der Waals surface area contributed by atoms with E-state index in [-0.39, 0.29) is 0 Å². The Balaban J connectivity index is 1.88. The molecule has 1 N–H and O–H groups in total. The Hall–Kier alpha value is -1.90. The number of hydrogen-bond donors (Lipinski definition) is 1. The lowest BCUT2D eigenvalue weighted by Crippen LogP contribution is -2.03. The Morgan fingerprint density at radius 1 is 1.21 bits per heavy atom. The third-order valence-corrected chi connectivity index (χ3v) is 3.68. The molecule has 1 aliphatic rings. The van der Waals surface area contributed by atoms with Crippen molar-refractivity contribution in [2.24, 2.45) is 5.92 Å². The summed E-state index contributed by atoms with van der Waals surface area (Å²) in [5.74, 6) is 2.12. The molecule has 2 aromatic rings. The summed E-state index contributed by atoms with van der Waals surface area (Å²) in [6, 6.07) is 12.2. The Labute approximate surface area is 114 Å². The van der Waals surface area contributed by atoms with E-state index in [0.29, 0.717) is 5.92 Å². The third kappa shape index (κ3) is 2.75. The highest BCUT2D eigenvalue weighted by atomic mass is 15.1. The molecule has 0 amide bonds. The van der Waals surface area contributed by atoms with Crippen molar-refractivity contribution in [3.05, 3.63) is 47.8 Å². The topological polar surface area (TPSA) is 37.8 Å². The molecular weight excluding hydrogens is 234 g/mol. The quantitative estimate of drug-likeness (QED) is 0.897. The first-order chi connectivity index (χ1) is 9.26. The van der Waals surface area contributed by atoms with Crippen molar-refractivity contribution in [1.82, 2.24) is 9.97 Å². The van der Waals surface area contributed by atoms with Gasteiger partial charge >= 0.3 is 0 Å². The monoisotopic (exact) mass is 253 g/mol. The van der Waals surface area contributed by atoms with Crippen LogP contribution in [0.2, 0.25) is 0 Å². The maximum atomic E-state index is 4.67. The van der Waals surface area contributed by atoms with E-state index in [1.807, 2.05) is 30.3 Å². The zero-order valence-electron chi connectivity index (χ0n) is 11.4. The lowest BCUT2D eigenvalue weighted by Gasteiger charge is -2.08. The van der Waals surface area contributed by atoms with Gasteiger partial charge in [-0.2, -0.15) is 0 Å². The van der Waals surface area contributed by atoms with Gasteiger partial charge in [0.1, 0.15) is 0 Å². The van der Waals surface area contributed by atoms with Gasteiger partial charge in [-0.3, -0.25) is 0 Å². The number of anilines is 2. The average Bonchev–Trinajstić information content (AvgIpc) is 3.17. The van der Waals surface area contributed by atoms with Crippen LogP contribution in [0, 0.1) is 5.92 Å². The second-order valence-electron chi connectivity index (χ2n) is 5.27. The van der Waals surface area contributed by atoms with Gasteiger partial charge in [-0.15, -0.1) is 0 Å². The van der Waals surface area contributed by atoms with E-state index < -0.39 is 0 Å². The molecule has 0 saturated heterocycles. The minimum atomic E-state index is 0.629. The van der Waals surface area contributed by atoms with Gasteiger partial charge in [-0.1, -0.05) is 32.0 Å². The molecule has 1 fully saturated rings. The van der Waals surface area contributed by atoms with E-state index >= 15 is 0 Å². The van der Waals surface area contributed by atoms with Crippen LogP contribution in [0.5, 0.6) is 0 Å². The summed E-state index contributed by atoms with van der Waals surface area (Å²) in [6.45, 7) is 4.41. The fraction of sp³-hybridized carbons (Fsp3) is 0.375. The minimum Gasteiger partial charge on any atom is -0.324 e. The van der Waals surface area contributed by atoms with E-state index in [9.17, 15) is 0 Å². The van der Waals surface area contributed by atoms with Crippen LogP contribution < -0.4 is 5.32 Å². The van der Waals surface area contributed by atoms with Gasteiger partial charge in [-0.25, -0.2) is 9.97 Å². The fourth-order valence-corrected chi connectivity index (χ4v) is 2.33. The molecule has 3 rings (SSSR count). The van der Waals surface area contributed by atoms with Gasteiger partial charge in [0.05, 0.1) is 0 Å². The largest absolute Gasteiger partial charge is 0.324 e.